The van der Waals surface area contributed by atoms with E-state index in [1.165, 1.54) is 36.1 Å². The third kappa shape index (κ3) is 6.22. The molecule has 0 radical (unpaired) electrons. The van der Waals surface area contributed by atoms with Crippen LogP contribution in [-0.2, 0) is 19.4 Å². The van der Waals surface area contributed by atoms with E-state index >= 15 is 0 Å². The summed E-state index contributed by atoms with van der Waals surface area (Å²) in [4.78, 5) is 19.5. The van der Waals surface area contributed by atoms with Crippen molar-refractivity contribution in [1.29, 1.82) is 0 Å². The van der Waals surface area contributed by atoms with Crippen molar-refractivity contribution in [2.75, 3.05) is 0 Å². The van der Waals surface area contributed by atoms with E-state index in [2.05, 4.69) is 21.2 Å². The van der Waals surface area contributed by atoms with Gasteiger partial charge in [0.2, 0.25) is 0 Å². The van der Waals surface area contributed by atoms with E-state index in [1.807, 2.05) is 54.7 Å². The summed E-state index contributed by atoms with van der Waals surface area (Å²) in [7, 11) is 0. The summed E-state index contributed by atoms with van der Waals surface area (Å²) in [5.74, 6) is 0.868. The van der Waals surface area contributed by atoms with Crippen LogP contribution in [0.2, 0.25) is 0 Å². The first kappa shape index (κ1) is 24.3. The fourth-order valence-electron chi connectivity index (χ4n) is 4.95. The predicted molar refractivity (Wildman–Crippen MR) is 147 cm³/mol. The molecule has 2 aliphatic rings. The lowest BCUT2D eigenvalue weighted by Gasteiger charge is -2.23. The van der Waals surface area contributed by atoms with E-state index in [-0.39, 0.29) is 5.91 Å². The molecule has 1 heterocycles. The molecular formula is C29H31BrN2O2S. The van der Waals surface area contributed by atoms with Crippen molar-refractivity contribution in [1.82, 2.24) is 5.32 Å². The molecule has 1 amide bonds. The van der Waals surface area contributed by atoms with E-state index in [9.17, 15) is 4.79 Å². The molecule has 0 aliphatic heterocycles. The lowest BCUT2D eigenvalue weighted by atomic mass is 9.93. The maximum Gasteiger partial charge on any atom is 0.254 e. The molecule has 0 atom stereocenters. The second kappa shape index (κ2) is 11.5. The molecule has 3 aromatic rings. The van der Waals surface area contributed by atoms with Gasteiger partial charge in [-0.3, -0.25) is 4.79 Å². The topological polar surface area (TPSA) is 50.7 Å². The Labute approximate surface area is 220 Å². The van der Waals surface area contributed by atoms with Gasteiger partial charge in [0.1, 0.15) is 17.4 Å². The zero-order valence-electron chi connectivity index (χ0n) is 19.9. The number of carbonyl (C=O) groups is 1. The monoisotopic (exact) mass is 550 g/mol. The minimum Gasteiger partial charge on any atom is -0.489 e. The maximum absolute atomic E-state index is 13.4. The van der Waals surface area contributed by atoms with E-state index in [4.69, 9.17) is 9.73 Å². The number of ether oxygens (including phenoxy) is 1. The van der Waals surface area contributed by atoms with Crippen LogP contribution in [-0.4, -0.2) is 18.2 Å². The first-order valence-corrected chi connectivity index (χ1v) is 14.2. The summed E-state index contributed by atoms with van der Waals surface area (Å²) in [5, 5.41) is 4.16. The number of halogens is 1. The molecule has 5 rings (SSSR count). The van der Waals surface area contributed by atoms with Gasteiger partial charge in [0.25, 0.3) is 5.91 Å². The number of carbonyl (C=O) groups excluding carboxylic acids is 1. The average molecular weight is 552 g/mol. The second-order valence-electron chi connectivity index (χ2n) is 9.45. The number of hydrogen-bond donors (Lipinski definition) is 1. The Morgan fingerprint density at radius 2 is 1.86 bits per heavy atom. The number of hydrogen-bond acceptors (Lipinski definition) is 4. The number of fused-ring (bicyclic) bond motifs is 1. The molecule has 0 spiro atoms. The standard InChI is InChI=1S/C29H31BrN2O2S/c30-22-15-13-20(14-16-22)19-34-24-10-6-7-21(17-24)18-31-29-27(25-11-4-5-12-26(25)35-29)28(33)32-23-8-2-1-3-9-23/h6-7,10,13-18,23H,1-5,8-9,11-12,19H2,(H,32,33). The Hall–Kier alpha value is -2.44. The molecular weight excluding hydrogens is 520 g/mol. The van der Waals surface area contributed by atoms with E-state index in [1.54, 1.807) is 11.3 Å². The van der Waals surface area contributed by atoms with Crippen molar-refractivity contribution in [2.45, 2.75) is 70.4 Å². The molecule has 2 aliphatic carbocycles. The summed E-state index contributed by atoms with van der Waals surface area (Å²) in [5.41, 5.74) is 4.12. The molecule has 1 aromatic heterocycles. The van der Waals surface area contributed by atoms with Crippen LogP contribution < -0.4 is 10.1 Å². The minimum absolute atomic E-state index is 0.0648. The van der Waals surface area contributed by atoms with Crippen LogP contribution in [0.15, 0.2) is 58.0 Å². The first-order chi connectivity index (χ1) is 17.2. The number of rotatable bonds is 7. The van der Waals surface area contributed by atoms with E-state index in [0.717, 1.165) is 64.0 Å². The highest BCUT2D eigenvalue weighted by Gasteiger charge is 2.27. The van der Waals surface area contributed by atoms with Crippen molar-refractivity contribution in [3.63, 3.8) is 0 Å². The lowest BCUT2D eigenvalue weighted by molar-refractivity contribution is 0.0927. The number of aliphatic imine (C=N–C) groups is 1. The Morgan fingerprint density at radius 3 is 2.69 bits per heavy atom. The van der Waals surface area contributed by atoms with Gasteiger partial charge < -0.3 is 10.1 Å². The normalized spacial score (nSPS) is 16.3. The summed E-state index contributed by atoms with van der Waals surface area (Å²) in [6, 6.07) is 16.4. The quantitative estimate of drug-likeness (QED) is 0.305. The van der Waals surface area contributed by atoms with Crippen LogP contribution in [0.3, 0.4) is 0 Å². The summed E-state index contributed by atoms with van der Waals surface area (Å²) >= 11 is 5.16. The average Bonchev–Trinajstić information content (AvgIpc) is 3.27. The van der Waals surface area contributed by atoms with Crippen molar-refractivity contribution in [3.8, 4) is 5.75 Å². The van der Waals surface area contributed by atoms with Crippen LogP contribution in [0.5, 0.6) is 5.75 Å². The number of thiophene rings is 1. The third-order valence-electron chi connectivity index (χ3n) is 6.83. The summed E-state index contributed by atoms with van der Waals surface area (Å²) < 4.78 is 7.06. The van der Waals surface area contributed by atoms with Crippen LogP contribution >= 0.6 is 27.3 Å². The van der Waals surface area contributed by atoms with E-state index in [0.29, 0.717) is 12.6 Å². The van der Waals surface area contributed by atoms with Gasteiger partial charge in [-0.2, -0.15) is 0 Å². The van der Waals surface area contributed by atoms with Crippen LogP contribution in [0.4, 0.5) is 5.00 Å². The highest BCUT2D eigenvalue weighted by molar-refractivity contribution is 9.10. The molecule has 4 nitrogen and oxygen atoms in total. The zero-order chi connectivity index (χ0) is 24.0. The highest BCUT2D eigenvalue weighted by Crippen LogP contribution is 2.40. The molecule has 0 bridgehead atoms. The van der Waals surface area contributed by atoms with Gasteiger partial charge in [0, 0.05) is 21.6 Å². The van der Waals surface area contributed by atoms with Gasteiger partial charge in [0.05, 0.1) is 5.56 Å². The van der Waals surface area contributed by atoms with Crippen molar-refractivity contribution in [3.05, 3.63) is 80.1 Å². The predicted octanol–water partition coefficient (Wildman–Crippen LogP) is 7.78. The molecule has 2 aromatic carbocycles. The Kier molecular flexibility index (Phi) is 7.99. The summed E-state index contributed by atoms with van der Waals surface area (Å²) in [6.07, 6.45) is 12.1. The molecule has 35 heavy (non-hydrogen) atoms. The smallest absolute Gasteiger partial charge is 0.254 e. The SMILES string of the molecule is O=C(NC1CCCCC1)c1c(N=Cc2cccc(OCc3ccc(Br)cc3)c2)sc2c1CCCC2. The number of nitrogens with one attached hydrogen (secondary N) is 1. The number of aryl methyl sites for hydroxylation is 1. The molecule has 6 heteroatoms. The van der Waals surface area contributed by atoms with Gasteiger partial charge in [-0.15, -0.1) is 11.3 Å². The largest absolute Gasteiger partial charge is 0.489 e. The number of benzene rings is 2. The Morgan fingerprint density at radius 1 is 1.06 bits per heavy atom. The number of nitrogens with zero attached hydrogens (tertiary/aromatic N) is 1. The molecule has 182 valence electrons. The van der Waals surface area contributed by atoms with Crippen molar-refractivity contribution >= 4 is 44.4 Å². The fraction of sp³-hybridized carbons (Fsp3) is 0.379. The van der Waals surface area contributed by atoms with Crippen LogP contribution in [0, 0.1) is 0 Å². The van der Waals surface area contributed by atoms with Gasteiger partial charge in [-0.25, -0.2) is 4.99 Å². The van der Waals surface area contributed by atoms with Gasteiger partial charge in [-0.1, -0.05) is 59.5 Å². The van der Waals surface area contributed by atoms with Crippen molar-refractivity contribution < 1.29 is 9.53 Å². The number of amides is 1. The zero-order valence-corrected chi connectivity index (χ0v) is 22.3. The van der Waals surface area contributed by atoms with Gasteiger partial charge in [0.15, 0.2) is 0 Å². The highest BCUT2D eigenvalue weighted by atomic mass is 79.9. The minimum atomic E-state index is 0.0648. The second-order valence-corrected chi connectivity index (χ2v) is 11.4. The molecule has 1 fully saturated rings. The van der Waals surface area contributed by atoms with Gasteiger partial charge in [-0.05, 0) is 79.5 Å². The molecule has 0 saturated heterocycles. The van der Waals surface area contributed by atoms with Crippen molar-refractivity contribution in [2.24, 2.45) is 4.99 Å². The third-order valence-corrected chi connectivity index (χ3v) is 8.56. The lowest BCUT2D eigenvalue weighted by Crippen LogP contribution is -2.36. The molecule has 0 unspecified atom stereocenters. The fourth-order valence-corrected chi connectivity index (χ4v) is 6.44. The Bertz CT molecular complexity index is 1200. The van der Waals surface area contributed by atoms with Crippen LogP contribution in [0.1, 0.15) is 76.9 Å². The Balaban J connectivity index is 1.32. The molecule has 1 N–H and O–H groups in total. The first-order valence-electron chi connectivity index (χ1n) is 12.6. The van der Waals surface area contributed by atoms with Crippen LogP contribution in [0.25, 0.3) is 0 Å². The maximum atomic E-state index is 13.4. The molecule has 1 saturated carbocycles. The van der Waals surface area contributed by atoms with E-state index < -0.39 is 0 Å². The summed E-state index contributed by atoms with van der Waals surface area (Å²) in [6.45, 7) is 0.511. The van der Waals surface area contributed by atoms with Gasteiger partial charge >= 0.3 is 0 Å².